The Labute approximate surface area is 169 Å². The number of carbonyl (C=O) groups is 2. The van der Waals surface area contributed by atoms with E-state index in [1.807, 2.05) is 0 Å². The molecule has 0 atom stereocenters. The molecule has 4 rings (SSSR count). The van der Waals surface area contributed by atoms with Gasteiger partial charge in [0.05, 0.1) is 29.6 Å². The maximum atomic E-state index is 12.7. The van der Waals surface area contributed by atoms with E-state index in [9.17, 15) is 14.7 Å². The fourth-order valence-electron chi connectivity index (χ4n) is 2.94. The Bertz CT molecular complexity index is 955. The minimum atomic E-state index is -0.782. The van der Waals surface area contributed by atoms with Crippen LogP contribution in [0, 0.1) is 0 Å². The summed E-state index contributed by atoms with van der Waals surface area (Å²) < 4.78 is 10.9. The van der Waals surface area contributed by atoms with Gasteiger partial charge in [-0.05, 0) is 51.8 Å². The molecule has 2 amide bonds. The zero-order valence-electron chi connectivity index (χ0n) is 14.7. The molecule has 9 heteroatoms. The minimum absolute atomic E-state index is 0.0740. The lowest BCUT2D eigenvalue weighted by molar-refractivity contribution is -0.114. The Morgan fingerprint density at radius 1 is 1.14 bits per heavy atom. The summed E-state index contributed by atoms with van der Waals surface area (Å²) in [5, 5.41) is 9.56. The molecular formula is C19H16BrN3O5. The van der Waals surface area contributed by atoms with Crippen LogP contribution in [-0.4, -0.2) is 48.4 Å². The summed E-state index contributed by atoms with van der Waals surface area (Å²) in [7, 11) is 0. The van der Waals surface area contributed by atoms with Gasteiger partial charge in [-0.1, -0.05) is 6.07 Å². The quantitative estimate of drug-likeness (QED) is 0.725. The van der Waals surface area contributed by atoms with Crippen LogP contribution >= 0.6 is 15.9 Å². The van der Waals surface area contributed by atoms with Gasteiger partial charge < -0.3 is 19.5 Å². The van der Waals surface area contributed by atoms with Gasteiger partial charge in [-0.3, -0.25) is 4.79 Å². The van der Waals surface area contributed by atoms with Crippen LogP contribution in [0.5, 0.6) is 5.75 Å². The first-order chi connectivity index (χ1) is 13.5. The highest BCUT2D eigenvalue weighted by Crippen LogP contribution is 2.29. The van der Waals surface area contributed by atoms with Gasteiger partial charge in [-0.25, -0.2) is 14.7 Å². The zero-order chi connectivity index (χ0) is 19.7. The Hall–Kier alpha value is -2.91. The number of rotatable bonds is 3. The van der Waals surface area contributed by atoms with E-state index in [4.69, 9.17) is 9.47 Å². The van der Waals surface area contributed by atoms with E-state index in [1.165, 1.54) is 18.3 Å². The summed E-state index contributed by atoms with van der Waals surface area (Å²) >= 11 is 3.21. The Balaban J connectivity index is 1.55. The average molecular weight is 446 g/mol. The molecule has 3 heterocycles. The van der Waals surface area contributed by atoms with Crippen molar-refractivity contribution in [3.63, 3.8) is 0 Å². The number of morpholine rings is 1. The number of phenols is 1. The number of anilines is 2. The number of imide groups is 1. The van der Waals surface area contributed by atoms with Gasteiger partial charge in [-0.15, -0.1) is 0 Å². The average Bonchev–Trinajstić information content (AvgIpc) is 2.99. The number of pyridine rings is 1. The van der Waals surface area contributed by atoms with Crippen molar-refractivity contribution in [1.29, 1.82) is 0 Å². The Morgan fingerprint density at radius 3 is 2.61 bits per heavy atom. The number of aromatic hydroxyl groups is 1. The third-order valence-corrected chi connectivity index (χ3v) is 5.02. The van der Waals surface area contributed by atoms with E-state index in [2.05, 4.69) is 25.8 Å². The van der Waals surface area contributed by atoms with Gasteiger partial charge in [0, 0.05) is 13.1 Å². The number of benzene rings is 1. The van der Waals surface area contributed by atoms with Crippen LogP contribution in [-0.2, 0) is 14.3 Å². The fraction of sp³-hybridized carbons (Fsp3) is 0.211. The second kappa shape index (κ2) is 7.61. The number of hydrogen-bond acceptors (Lipinski definition) is 7. The first-order valence-corrected chi connectivity index (χ1v) is 9.37. The van der Waals surface area contributed by atoms with Crippen molar-refractivity contribution < 1.29 is 24.2 Å². The maximum absolute atomic E-state index is 12.7. The van der Waals surface area contributed by atoms with Crippen LogP contribution in [0.1, 0.15) is 5.56 Å². The van der Waals surface area contributed by atoms with E-state index >= 15 is 0 Å². The van der Waals surface area contributed by atoms with Crippen molar-refractivity contribution in [3.05, 3.63) is 52.3 Å². The summed E-state index contributed by atoms with van der Waals surface area (Å²) in [4.78, 5) is 32.3. The summed E-state index contributed by atoms with van der Waals surface area (Å²) in [5.74, 6) is 0.164. The maximum Gasteiger partial charge on any atom is 0.427 e. The first kappa shape index (κ1) is 18.5. The molecule has 0 aliphatic carbocycles. The molecule has 28 heavy (non-hydrogen) atoms. The first-order valence-electron chi connectivity index (χ1n) is 8.58. The Morgan fingerprint density at radius 2 is 1.93 bits per heavy atom. The lowest BCUT2D eigenvalue weighted by atomic mass is 10.2. The molecule has 0 saturated carbocycles. The lowest BCUT2D eigenvalue weighted by Gasteiger charge is -2.27. The van der Waals surface area contributed by atoms with E-state index < -0.39 is 12.0 Å². The second-order valence-electron chi connectivity index (χ2n) is 6.20. The largest absolute Gasteiger partial charge is 0.507 e. The number of carbonyl (C=O) groups excluding carboxylic acids is 2. The van der Waals surface area contributed by atoms with Crippen LogP contribution in [0.15, 0.2) is 46.8 Å². The molecule has 2 aliphatic rings. The molecule has 2 aromatic rings. The van der Waals surface area contributed by atoms with Crippen molar-refractivity contribution >= 4 is 45.5 Å². The molecule has 8 nitrogen and oxygen atoms in total. The number of halogens is 1. The monoisotopic (exact) mass is 445 g/mol. The number of ether oxygens (including phenoxy) is 2. The molecule has 0 unspecified atom stereocenters. The highest BCUT2D eigenvalue weighted by Gasteiger charge is 2.38. The number of nitrogens with zero attached hydrogens (tertiary/aromatic N) is 3. The summed E-state index contributed by atoms with van der Waals surface area (Å²) in [6, 6.07) is 8.13. The van der Waals surface area contributed by atoms with Crippen LogP contribution in [0.3, 0.4) is 0 Å². The second-order valence-corrected chi connectivity index (χ2v) is 7.06. The lowest BCUT2D eigenvalue weighted by Crippen LogP contribution is -2.36. The number of hydrogen-bond donors (Lipinski definition) is 1. The fourth-order valence-corrected chi connectivity index (χ4v) is 3.34. The standard InChI is InChI=1S/C19H16BrN3O5/c20-14-9-12(1-3-15(14)24)10-16-18(25)23(19(26)28-16)13-2-4-17(21-11-13)22-5-7-27-8-6-22/h1-4,9-11,24H,5-8H2/b16-10+. The molecule has 0 radical (unpaired) electrons. The molecular weight excluding hydrogens is 430 g/mol. The molecule has 0 spiro atoms. The SMILES string of the molecule is O=C1O/C(=C/c2ccc(O)c(Br)c2)C(=O)N1c1ccc(N2CCOCC2)nc1. The molecule has 2 saturated heterocycles. The van der Waals surface area contributed by atoms with Gasteiger partial charge in [0.1, 0.15) is 11.6 Å². The third-order valence-electron chi connectivity index (χ3n) is 4.39. The molecule has 1 N–H and O–H groups in total. The number of amides is 2. The highest BCUT2D eigenvalue weighted by atomic mass is 79.9. The van der Waals surface area contributed by atoms with Gasteiger partial charge >= 0.3 is 12.0 Å². The summed E-state index contributed by atoms with van der Waals surface area (Å²) in [6.07, 6.45) is 2.14. The van der Waals surface area contributed by atoms with Crippen molar-refractivity contribution in [2.45, 2.75) is 0 Å². The molecule has 2 aliphatic heterocycles. The predicted molar refractivity (Wildman–Crippen MR) is 105 cm³/mol. The molecule has 144 valence electrons. The van der Waals surface area contributed by atoms with Crippen LogP contribution in [0.2, 0.25) is 0 Å². The normalized spacial score (nSPS) is 18.7. The van der Waals surface area contributed by atoms with Crippen LogP contribution in [0.4, 0.5) is 16.3 Å². The van der Waals surface area contributed by atoms with Crippen molar-refractivity contribution in [3.8, 4) is 5.75 Å². The zero-order valence-corrected chi connectivity index (χ0v) is 16.3. The number of phenolic OH excluding ortho intramolecular Hbond substituents is 1. The summed E-state index contributed by atoms with van der Waals surface area (Å²) in [6.45, 7) is 2.77. The molecule has 1 aromatic carbocycles. The third kappa shape index (κ3) is 3.58. The molecule has 0 bridgehead atoms. The van der Waals surface area contributed by atoms with E-state index in [0.29, 0.717) is 28.9 Å². The Kier molecular flexibility index (Phi) is 5.01. The number of cyclic esters (lactones) is 1. The van der Waals surface area contributed by atoms with E-state index in [0.717, 1.165) is 23.8 Å². The van der Waals surface area contributed by atoms with Gasteiger partial charge in [0.2, 0.25) is 0 Å². The van der Waals surface area contributed by atoms with Crippen molar-refractivity contribution in [1.82, 2.24) is 4.98 Å². The van der Waals surface area contributed by atoms with Crippen molar-refractivity contribution in [2.24, 2.45) is 0 Å². The minimum Gasteiger partial charge on any atom is -0.507 e. The van der Waals surface area contributed by atoms with Crippen LogP contribution < -0.4 is 9.80 Å². The van der Waals surface area contributed by atoms with E-state index in [-0.39, 0.29) is 11.5 Å². The smallest absolute Gasteiger partial charge is 0.427 e. The highest BCUT2D eigenvalue weighted by molar-refractivity contribution is 9.10. The topological polar surface area (TPSA) is 92.2 Å². The van der Waals surface area contributed by atoms with E-state index in [1.54, 1.807) is 24.3 Å². The van der Waals surface area contributed by atoms with Gasteiger partial charge in [-0.2, -0.15) is 0 Å². The van der Waals surface area contributed by atoms with Crippen molar-refractivity contribution in [2.75, 3.05) is 36.1 Å². The van der Waals surface area contributed by atoms with Gasteiger partial charge in [0.15, 0.2) is 5.76 Å². The molecule has 1 aromatic heterocycles. The van der Waals surface area contributed by atoms with Crippen LogP contribution in [0.25, 0.3) is 6.08 Å². The molecule has 2 fully saturated rings. The summed E-state index contributed by atoms with van der Waals surface area (Å²) in [5.41, 5.74) is 0.936. The number of aromatic nitrogens is 1. The van der Waals surface area contributed by atoms with Gasteiger partial charge in [0.25, 0.3) is 0 Å². The predicted octanol–water partition coefficient (Wildman–Crippen LogP) is 2.91.